The predicted molar refractivity (Wildman–Crippen MR) is 103 cm³/mol. The maximum absolute atomic E-state index is 12.7. The van der Waals surface area contributed by atoms with Crippen LogP contribution in [0.4, 0.5) is 5.69 Å². The number of benzene rings is 2. The first-order valence-corrected chi connectivity index (χ1v) is 8.55. The van der Waals surface area contributed by atoms with E-state index in [0.717, 1.165) is 22.4 Å². The number of hydrogen-bond donors (Lipinski definition) is 2. The minimum absolute atomic E-state index is 0.295. The van der Waals surface area contributed by atoms with E-state index in [0.29, 0.717) is 12.3 Å². The number of anilines is 1. The van der Waals surface area contributed by atoms with Gasteiger partial charge in [-0.3, -0.25) is 9.59 Å². The summed E-state index contributed by atoms with van der Waals surface area (Å²) in [6.07, 6.45) is 0. The normalized spacial score (nSPS) is 11.0. The van der Waals surface area contributed by atoms with E-state index < -0.39 is 5.41 Å². The maximum atomic E-state index is 12.7. The second-order valence-corrected chi connectivity index (χ2v) is 6.84. The van der Waals surface area contributed by atoms with E-state index in [9.17, 15) is 9.59 Å². The zero-order chi connectivity index (χ0) is 19.3. The molecule has 5 nitrogen and oxygen atoms in total. The molecule has 0 aliphatic rings. The van der Waals surface area contributed by atoms with Gasteiger partial charge in [-0.05, 0) is 44.9 Å². The molecular weight excluding hydrogens is 328 g/mol. The summed E-state index contributed by atoms with van der Waals surface area (Å²) < 4.78 is 5.29. The van der Waals surface area contributed by atoms with Gasteiger partial charge in [0.1, 0.15) is 11.2 Å². The molecule has 0 aromatic heterocycles. The molecule has 2 aromatic rings. The second-order valence-electron chi connectivity index (χ2n) is 6.84. The average molecular weight is 354 g/mol. The number of methoxy groups -OCH3 is 1. The molecule has 0 aliphatic carbocycles. The van der Waals surface area contributed by atoms with Crippen molar-refractivity contribution < 1.29 is 14.3 Å². The Morgan fingerprint density at radius 3 is 2.19 bits per heavy atom. The van der Waals surface area contributed by atoms with Gasteiger partial charge in [-0.25, -0.2) is 0 Å². The predicted octanol–water partition coefficient (Wildman–Crippen LogP) is 3.59. The van der Waals surface area contributed by atoms with E-state index in [4.69, 9.17) is 4.74 Å². The number of ether oxygens (including phenoxy) is 1. The molecule has 2 rings (SSSR count). The third kappa shape index (κ3) is 4.23. The number of carbonyl (C=O) groups is 2. The van der Waals surface area contributed by atoms with Gasteiger partial charge in [-0.1, -0.05) is 36.4 Å². The van der Waals surface area contributed by atoms with Crippen molar-refractivity contribution in [2.24, 2.45) is 5.41 Å². The van der Waals surface area contributed by atoms with Crippen molar-refractivity contribution in [3.8, 4) is 5.75 Å². The van der Waals surface area contributed by atoms with Crippen LogP contribution in [0.15, 0.2) is 42.5 Å². The van der Waals surface area contributed by atoms with E-state index in [-0.39, 0.29) is 11.8 Å². The molecule has 0 fully saturated rings. The molecule has 0 saturated carbocycles. The number of hydrogen-bond acceptors (Lipinski definition) is 3. The molecule has 2 aromatic carbocycles. The van der Waals surface area contributed by atoms with E-state index in [2.05, 4.69) is 10.6 Å². The van der Waals surface area contributed by atoms with Gasteiger partial charge < -0.3 is 15.4 Å². The van der Waals surface area contributed by atoms with Crippen molar-refractivity contribution in [1.82, 2.24) is 5.32 Å². The highest BCUT2D eigenvalue weighted by Crippen LogP contribution is 2.24. The molecule has 0 saturated heterocycles. The lowest BCUT2D eigenvalue weighted by Crippen LogP contribution is -2.45. The molecular formula is C21H26N2O3. The Morgan fingerprint density at radius 1 is 0.962 bits per heavy atom. The van der Waals surface area contributed by atoms with E-state index in [1.54, 1.807) is 21.0 Å². The first-order valence-electron chi connectivity index (χ1n) is 8.55. The SMILES string of the molecule is COc1ccccc1CNC(=O)C(C)(C)C(=O)Nc1c(C)cccc1C. The summed E-state index contributed by atoms with van der Waals surface area (Å²) in [5, 5.41) is 5.73. The first kappa shape index (κ1) is 19.5. The molecule has 0 aliphatic heterocycles. The Hall–Kier alpha value is -2.82. The number of aryl methyl sites for hydroxylation is 2. The number of carbonyl (C=O) groups excluding carboxylic acids is 2. The van der Waals surface area contributed by atoms with Crippen LogP contribution in [0.2, 0.25) is 0 Å². The first-order chi connectivity index (χ1) is 12.3. The second kappa shape index (κ2) is 8.04. The van der Waals surface area contributed by atoms with E-state index in [1.807, 2.05) is 56.3 Å². The molecule has 5 heteroatoms. The van der Waals surface area contributed by atoms with Crippen molar-refractivity contribution in [1.29, 1.82) is 0 Å². The zero-order valence-corrected chi connectivity index (χ0v) is 16.0. The standard InChI is InChI=1S/C21H26N2O3/c1-14-9-8-10-15(2)18(14)23-20(25)21(3,4)19(24)22-13-16-11-6-7-12-17(16)26-5/h6-12H,13H2,1-5H3,(H,22,24)(H,23,25). The third-order valence-corrected chi connectivity index (χ3v) is 4.49. The topological polar surface area (TPSA) is 67.4 Å². The highest BCUT2D eigenvalue weighted by molar-refractivity contribution is 6.10. The molecule has 2 amide bonds. The summed E-state index contributed by atoms with van der Waals surface area (Å²) in [7, 11) is 1.59. The summed E-state index contributed by atoms with van der Waals surface area (Å²) >= 11 is 0. The summed E-state index contributed by atoms with van der Waals surface area (Å²) in [5.41, 5.74) is 2.32. The van der Waals surface area contributed by atoms with Crippen LogP contribution >= 0.6 is 0 Å². The minimum atomic E-state index is -1.21. The van der Waals surface area contributed by atoms with Gasteiger partial charge >= 0.3 is 0 Å². The Bertz CT molecular complexity index is 792. The van der Waals surface area contributed by atoms with Crippen molar-refractivity contribution in [2.45, 2.75) is 34.2 Å². The molecule has 0 bridgehead atoms. The molecule has 2 N–H and O–H groups in total. The number of amides is 2. The van der Waals surface area contributed by atoms with Crippen LogP contribution < -0.4 is 15.4 Å². The molecule has 138 valence electrons. The van der Waals surface area contributed by atoms with Crippen molar-refractivity contribution in [3.05, 3.63) is 59.2 Å². The highest BCUT2D eigenvalue weighted by atomic mass is 16.5. The fourth-order valence-electron chi connectivity index (χ4n) is 2.63. The minimum Gasteiger partial charge on any atom is -0.496 e. The summed E-state index contributed by atoms with van der Waals surface area (Å²) in [6.45, 7) is 7.39. The molecule has 0 radical (unpaired) electrons. The van der Waals surface area contributed by atoms with Gasteiger partial charge in [0.2, 0.25) is 11.8 Å². The summed E-state index contributed by atoms with van der Waals surface area (Å²) in [6, 6.07) is 13.2. The number of nitrogens with one attached hydrogen (secondary N) is 2. The summed E-state index contributed by atoms with van der Waals surface area (Å²) in [5.74, 6) is 0.0187. The number of rotatable bonds is 6. The molecule has 0 atom stereocenters. The molecule has 0 heterocycles. The Morgan fingerprint density at radius 2 is 1.58 bits per heavy atom. The van der Waals surface area contributed by atoms with Crippen molar-refractivity contribution >= 4 is 17.5 Å². The van der Waals surface area contributed by atoms with Crippen LogP contribution in [0.1, 0.15) is 30.5 Å². The van der Waals surface area contributed by atoms with Gasteiger partial charge in [0.05, 0.1) is 7.11 Å². The Labute approximate surface area is 154 Å². The molecule has 0 unspecified atom stereocenters. The lowest BCUT2D eigenvalue weighted by Gasteiger charge is -2.24. The van der Waals surface area contributed by atoms with Gasteiger partial charge in [0.15, 0.2) is 0 Å². The van der Waals surface area contributed by atoms with Gasteiger partial charge in [-0.15, -0.1) is 0 Å². The quantitative estimate of drug-likeness (QED) is 0.779. The van der Waals surface area contributed by atoms with Crippen molar-refractivity contribution in [3.63, 3.8) is 0 Å². The summed E-state index contributed by atoms with van der Waals surface area (Å²) in [4.78, 5) is 25.3. The van der Waals surface area contributed by atoms with Crippen LogP contribution in [0, 0.1) is 19.3 Å². The lowest BCUT2D eigenvalue weighted by molar-refractivity contribution is -0.138. The Kier molecular flexibility index (Phi) is 6.03. The smallest absolute Gasteiger partial charge is 0.239 e. The fourth-order valence-corrected chi connectivity index (χ4v) is 2.63. The van der Waals surface area contributed by atoms with Crippen LogP contribution in [0.5, 0.6) is 5.75 Å². The monoisotopic (exact) mass is 354 g/mol. The van der Waals surface area contributed by atoms with Gasteiger partial charge in [-0.2, -0.15) is 0 Å². The van der Waals surface area contributed by atoms with Gasteiger partial charge in [0, 0.05) is 17.8 Å². The van der Waals surface area contributed by atoms with E-state index >= 15 is 0 Å². The highest BCUT2D eigenvalue weighted by Gasteiger charge is 2.36. The maximum Gasteiger partial charge on any atom is 0.239 e. The Balaban J connectivity index is 2.08. The molecule has 26 heavy (non-hydrogen) atoms. The molecule has 0 spiro atoms. The lowest BCUT2D eigenvalue weighted by atomic mass is 9.90. The van der Waals surface area contributed by atoms with E-state index in [1.165, 1.54) is 0 Å². The van der Waals surface area contributed by atoms with Gasteiger partial charge in [0.25, 0.3) is 0 Å². The van der Waals surface area contributed by atoms with Crippen LogP contribution in [0.3, 0.4) is 0 Å². The number of para-hydroxylation sites is 2. The van der Waals surface area contributed by atoms with Crippen LogP contribution in [-0.4, -0.2) is 18.9 Å². The average Bonchev–Trinajstić information content (AvgIpc) is 2.62. The van der Waals surface area contributed by atoms with Crippen LogP contribution in [-0.2, 0) is 16.1 Å². The largest absolute Gasteiger partial charge is 0.496 e. The third-order valence-electron chi connectivity index (χ3n) is 4.49. The fraction of sp³-hybridized carbons (Fsp3) is 0.333. The van der Waals surface area contributed by atoms with Crippen molar-refractivity contribution in [2.75, 3.05) is 12.4 Å². The van der Waals surface area contributed by atoms with Crippen LogP contribution in [0.25, 0.3) is 0 Å². The zero-order valence-electron chi connectivity index (χ0n) is 16.0.